The zero-order valence-electron chi connectivity index (χ0n) is 14.4. The van der Waals surface area contributed by atoms with Gasteiger partial charge in [-0.2, -0.15) is 0 Å². The molecule has 3 rings (SSSR count). The number of thioether (sulfide) groups is 1. The van der Waals surface area contributed by atoms with E-state index in [2.05, 4.69) is 0 Å². The summed E-state index contributed by atoms with van der Waals surface area (Å²) in [5, 5.41) is 8.48. The highest BCUT2D eigenvalue weighted by molar-refractivity contribution is 8.00. The molecule has 1 fully saturated rings. The quantitative estimate of drug-likeness (QED) is 0.798. The zero-order valence-corrected chi connectivity index (χ0v) is 15.2. The predicted molar refractivity (Wildman–Crippen MR) is 100 cm³/mol. The van der Waals surface area contributed by atoms with Gasteiger partial charge in [-0.1, -0.05) is 43.3 Å². The minimum atomic E-state index is -0.879. The first-order valence-corrected chi connectivity index (χ1v) is 9.21. The Hall–Kier alpha value is -2.34. The standard InChI is InChI=1S/C13H15FO2S.C7H6O2/c1-9-12(14)7-11(17-9)8-16-13(15)10-5-3-2-4-6-10;8-7(9)6-4-2-1-3-5-6/h2-6,9,11-12H,7-8H2,1H3;1-5H,(H,8,9)/t9?,11-,12?;/m1./s1. The van der Waals surface area contributed by atoms with E-state index in [-0.39, 0.29) is 16.5 Å². The van der Waals surface area contributed by atoms with Crippen molar-refractivity contribution >= 4 is 23.7 Å². The van der Waals surface area contributed by atoms with E-state index in [0.717, 1.165) is 0 Å². The largest absolute Gasteiger partial charge is 0.478 e. The Bertz CT molecular complexity index is 698. The van der Waals surface area contributed by atoms with Crippen LogP contribution in [0.25, 0.3) is 0 Å². The number of carbonyl (C=O) groups excluding carboxylic acids is 1. The third-order valence-electron chi connectivity index (χ3n) is 3.84. The number of hydrogen-bond donors (Lipinski definition) is 1. The van der Waals surface area contributed by atoms with Gasteiger partial charge in [0.25, 0.3) is 0 Å². The van der Waals surface area contributed by atoms with Crippen LogP contribution in [0.2, 0.25) is 0 Å². The SMILES string of the molecule is CC1S[C@@H](COC(=O)c2ccccc2)CC1F.O=C(O)c1ccccc1. The Balaban J connectivity index is 0.000000228. The lowest BCUT2D eigenvalue weighted by Crippen LogP contribution is -2.15. The van der Waals surface area contributed by atoms with Crippen LogP contribution in [0.1, 0.15) is 34.1 Å². The lowest BCUT2D eigenvalue weighted by Gasteiger charge is -2.09. The van der Waals surface area contributed by atoms with Crippen molar-refractivity contribution in [3.05, 3.63) is 71.8 Å². The van der Waals surface area contributed by atoms with E-state index < -0.39 is 12.1 Å². The van der Waals surface area contributed by atoms with Gasteiger partial charge in [0.15, 0.2) is 0 Å². The number of hydrogen-bond acceptors (Lipinski definition) is 4. The second-order valence-corrected chi connectivity index (χ2v) is 7.53. The highest BCUT2D eigenvalue weighted by Gasteiger charge is 2.32. The zero-order chi connectivity index (χ0) is 18.9. The molecule has 0 aromatic heterocycles. The Labute approximate surface area is 156 Å². The molecule has 1 aliphatic rings. The fourth-order valence-corrected chi connectivity index (χ4v) is 3.73. The number of ether oxygens (including phenoxy) is 1. The molecule has 138 valence electrons. The van der Waals surface area contributed by atoms with Crippen molar-refractivity contribution in [3.8, 4) is 0 Å². The average molecular weight is 376 g/mol. The van der Waals surface area contributed by atoms with Gasteiger partial charge in [-0.15, -0.1) is 11.8 Å². The Morgan fingerprint density at radius 3 is 2.04 bits per heavy atom. The summed E-state index contributed by atoms with van der Waals surface area (Å²) in [6.45, 7) is 2.16. The summed E-state index contributed by atoms with van der Waals surface area (Å²) in [7, 11) is 0. The lowest BCUT2D eigenvalue weighted by molar-refractivity contribution is 0.0500. The highest BCUT2D eigenvalue weighted by Crippen LogP contribution is 2.35. The number of benzene rings is 2. The molecule has 0 aliphatic carbocycles. The number of rotatable bonds is 4. The van der Waals surface area contributed by atoms with Crippen molar-refractivity contribution in [2.24, 2.45) is 0 Å². The minimum absolute atomic E-state index is 0.00965. The van der Waals surface area contributed by atoms with Gasteiger partial charge in [-0.05, 0) is 30.7 Å². The van der Waals surface area contributed by atoms with Gasteiger partial charge < -0.3 is 9.84 Å². The maximum atomic E-state index is 13.3. The van der Waals surface area contributed by atoms with E-state index in [1.807, 2.05) is 13.0 Å². The molecule has 0 radical (unpaired) electrons. The molecule has 2 unspecified atom stereocenters. The van der Waals surface area contributed by atoms with Crippen molar-refractivity contribution in [1.82, 2.24) is 0 Å². The van der Waals surface area contributed by atoms with Gasteiger partial charge in [0.1, 0.15) is 12.8 Å². The molecular formula is C20H21FO4S. The van der Waals surface area contributed by atoms with Gasteiger partial charge >= 0.3 is 11.9 Å². The van der Waals surface area contributed by atoms with E-state index in [1.54, 1.807) is 66.4 Å². The maximum absolute atomic E-state index is 13.3. The van der Waals surface area contributed by atoms with Crippen LogP contribution in [0.3, 0.4) is 0 Å². The molecule has 1 aliphatic heterocycles. The highest BCUT2D eigenvalue weighted by atomic mass is 32.2. The molecular weight excluding hydrogens is 355 g/mol. The van der Waals surface area contributed by atoms with E-state index >= 15 is 0 Å². The van der Waals surface area contributed by atoms with Crippen molar-refractivity contribution in [2.75, 3.05) is 6.61 Å². The number of carbonyl (C=O) groups is 2. The number of alkyl halides is 1. The fraction of sp³-hybridized carbons (Fsp3) is 0.300. The van der Waals surface area contributed by atoms with Crippen molar-refractivity contribution in [2.45, 2.75) is 30.0 Å². The smallest absolute Gasteiger partial charge is 0.338 e. The van der Waals surface area contributed by atoms with Gasteiger partial charge in [0.05, 0.1) is 11.1 Å². The molecule has 0 saturated carbocycles. The number of carboxylic acids is 1. The number of aromatic carboxylic acids is 1. The molecule has 26 heavy (non-hydrogen) atoms. The molecule has 6 heteroatoms. The van der Waals surface area contributed by atoms with Crippen molar-refractivity contribution in [3.63, 3.8) is 0 Å². The Kier molecular flexibility index (Phi) is 7.66. The van der Waals surface area contributed by atoms with Gasteiger partial charge in [-0.3, -0.25) is 0 Å². The van der Waals surface area contributed by atoms with Crippen LogP contribution >= 0.6 is 11.8 Å². The van der Waals surface area contributed by atoms with Crippen LogP contribution in [-0.2, 0) is 4.74 Å². The molecule has 1 N–H and O–H groups in total. The molecule has 0 bridgehead atoms. The number of carboxylic acid groups (broad SMARTS) is 1. The minimum Gasteiger partial charge on any atom is -0.478 e. The summed E-state index contributed by atoms with van der Waals surface area (Å²) in [4.78, 5) is 21.8. The molecule has 3 atom stereocenters. The van der Waals surface area contributed by atoms with E-state index in [1.165, 1.54) is 0 Å². The molecule has 2 aromatic rings. The third-order valence-corrected chi connectivity index (χ3v) is 5.27. The van der Waals surface area contributed by atoms with Crippen LogP contribution < -0.4 is 0 Å². The summed E-state index contributed by atoms with van der Waals surface area (Å²) in [5.74, 6) is -1.21. The first-order chi connectivity index (χ1) is 12.5. The first kappa shape index (κ1) is 20.0. The van der Waals surface area contributed by atoms with E-state index in [4.69, 9.17) is 9.84 Å². The summed E-state index contributed by atoms with van der Waals surface area (Å²) in [6, 6.07) is 17.2. The van der Waals surface area contributed by atoms with Gasteiger partial charge in [0.2, 0.25) is 0 Å². The van der Waals surface area contributed by atoms with E-state index in [0.29, 0.717) is 24.2 Å². The number of halogens is 1. The van der Waals surface area contributed by atoms with Crippen molar-refractivity contribution in [1.29, 1.82) is 0 Å². The average Bonchev–Trinajstić information content (AvgIpc) is 2.99. The second-order valence-electron chi connectivity index (χ2n) is 5.85. The predicted octanol–water partition coefficient (Wildman–Crippen LogP) is 4.46. The lowest BCUT2D eigenvalue weighted by atomic mass is 10.2. The molecule has 4 nitrogen and oxygen atoms in total. The van der Waals surface area contributed by atoms with Crippen LogP contribution in [0.5, 0.6) is 0 Å². The van der Waals surface area contributed by atoms with Crippen LogP contribution in [0.4, 0.5) is 4.39 Å². The molecule has 1 saturated heterocycles. The van der Waals surface area contributed by atoms with Crippen LogP contribution in [0, 0.1) is 0 Å². The molecule has 2 aromatic carbocycles. The summed E-state index contributed by atoms with van der Waals surface area (Å²) in [5.41, 5.74) is 0.873. The monoisotopic (exact) mass is 376 g/mol. The molecule has 1 heterocycles. The second kappa shape index (κ2) is 9.97. The van der Waals surface area contributed by atoms with Gasteiger partial charge in [0, 0.05) is 10.5 Å². The Morgan fingerprint density at radius 2 is 1.62 bits per heavy atom. The fourth-order valence-electron chi connectivity index (χ4n) is 2.40. The third kappa shape index (κ3) is 6.19. The summed E-state index contributed by atoms with van der Waals surface area (Å²) >= 11 is 1.56. The number of esters is 1. The van der Waals surface area contributed by atoms with Crippen LogP contribution in [-0.4, -0.2) is 40.3 Å². The van der Waals surface area contributed by atoms with Crippen LogP contribution in [0.15, 0.2) is 60.7 Å². The van der Waals surface area contributed by atoms with E-state index in [9.17, 15) is 14.0 Å². The maximum Gasteiger partial charge on any atom is 0.338 e. The first-order valence-electron chi connectivity index (χ1n) is 8.27. The molecule has 0 spiro atoms. The molecule has 0 amide bonds. The topological polar surface area (TPSA) is 63.6 Å². The summed E-state index contributed by atoms with van der Waals surface area (Å²) < 4.78 is 18.4. The summed E-state index contributed by atoms with van der Waals surface area (Å²) in [6.07, 6.45) is -0.297. The van der Waals surface area contributed by atoms with Crippen molar-refractivity contribution < 1.29 is 23.8 Å². The normalized spacial score (nSPS) is 21.4. The Morgan fingerprint density at radius 1 is 1.08 bits per heavy atom. The van der Waals surface area contributed by atoms with Gasteiger partial charge in [-0.25, -0.2) is 14.0 Å².